The Hall–Kier alpha value is -3.06. The fraction of sp³-hybridized carbons (Fsp3) is 0.520. The molecule has 3 aromatic rings. The highest BCUT2D eigenvalue weighted by atomic mass is 16.5. The molecule has 0 aliphatic carbocycles. The van der Waals surface area contributed by atoms with Gasteiger partial charge in [-0.25, -0.2) is 4.98 Å². The summed E-state index contributed by atoms with van der Waals surface area (Å²) in [5, 5.41) is 18.4. The predicted octanol–water partition coefficient (Wildman–Crippen LogP) is 2.49. The fourth-order valence-corrected chi connectivity index (χ4v) is 4.92. The third-order valence-corrected chi connectivity index (χ3v) is 7.03. The monoisotopic (exact) mass is 460 g/mol. The summed E-state index contributed by atoms with van der Waals surface area (Å²) in [5.74, 6) is 0.657. The van der Waals surface area contributed by atoms with Crippen molar-refractivity contribution in [2.45, 2.75) is 25.3 Å². The van der Waals surface area contributed by atoms with E-state index in [0.29, 0.717) is 13.2 Å². The zero-order valence-electron chi connectivity index (χ0n) is 19.9. The molecule has 1 unspecified atom stereocenters. The van der Waals surface area contributed by atoms with Gasteiger partial charge in [0.15, 0.2) is 0 Å². The Morgan fingerprint density at radius 2 is 2.06 bits per heavy atom. The van der Waals surface area contributed by atoms with Gasteiger partial charge in [-0.15, -0.1) is 0 Å². The molecule has 0 bridgehead atoms. The predicted molar refractivity (Wildman–Crippen MR) is 132 cm³/mol. The summed E-state index contributed by atoms with van der Waals surface area (Å²) in [7, 11) is 2.16. The van der Waals surface area contributed by atoms with Crippen LogP contribution in [0.2, 0.25) is 0 Å². The summed E-state index contributed by atoms with van der Waals surface area (Å²) in [4.78, 5) is 16.8. The fourth-order valence-electron chi connectivity index (χ4n) is 4.92. The first kappa shape index (κ1) is 22.7. The van der Waals surface area contributed by atoms with Crippen LogP contribution in [0.3, 0.4) is 0 Å². The molecule has 3 aromatic heterocycles. The van der Waals surface area contributed by atoms with E-state index in [4.69, 9.17) is 9.72 Å². The van der Waals surface area contributed by atoms with Crippen LogP contribution in [0.4, 0.5) is 5.82 Å². The number of aromatic nitrogens is 4. The molecule has 0 spiro atoms. The average Bonchev–Trinajstić information content (AvgIpc) is 3.40. The molecule has 34 heavy (non-hydrogen) atoms. The molecule has 2 atom stereocenters. The normalized spacial score (nSPS) is 21.0. The molecule has 0 saturated carbocycles. The topological polar surface area (TPSA) is 97.2 Å². The van der Waals surface area contributed by atoms with E-state index in [2.05, 4.69) is 56.0 Å². The second-order valence-electron chi connectivity index (χ2n) is 9.33. The van der Waals surface area contributed by atoms with Crippen molar-refractivity contribution in [1.29, 1.82) is 5.26 Å². The van der Waals surface area contributed by atoms with Gasteiger partial charge in [0.2, 0.25) is 0 Å². The summed E-state index contributed by atoms with van der Waals surface area (Å²) in [6.45, 7) is 9.44. The van der Waals surface area contributed by atoms with Crippen LogP contribution in [0.1, 0.15) is 24.8 Å². The minimum absolute atomic E-state index is 0.213. The number of rotatable bonds is 6. The third kappa shape index (κ3) is 4.62. The molecule has 2 aliphatic rings. The van der Waals surface area contributed by atoms with Gasteiger partial charge in [0.05, 0.1) is 36.9 Å². The van der Waals surface area contributed by atoms with Crippen LogP contribution >= 0.6 is 0 Å². The van der Waals surface area contributed by atoms with E-state index in [0.717, 1.165) is 79.4 Å². The van der Waals surface area contributed by atoms with Crippen LogP contribution in [0.5, 0.6) is 0 Å². The number of piperazine rings is 1. The van der Waals surface area contributed by atoms with E-state index < -0.39 is 0 Å². The van der Waals surface area contributed by atoms with E-state index in [1.807, 2.05) is 12.1 Å². The number of morpholine rings is 1. The van der Waals surface area contributed by atoms with Gasteiger partial charge in [0, 0.05) is 50.5 Å². The Labute approximate surface area is 200 Å². The standard InChI is InChI=1S/C25H32N8O/c1-18-17-34-14-13-33(18)23-15-21(19(16-26)5-8-32-11-9-31(2)10-12-32)20-3-6-27-25(24(20)29-23)22-4-7-28-30-22/h3-4,6-7,15,18-19H,5,8-14,17H2,1-2H3,(H,28,30)/t18-,19?/m1/s1. The van der Waals surface area contributed by atoms with Crippen molar-refractivity contribution in [3.63, 3.8) is 0 Å². The molecular formula is C25H32N8O. The first-order valence-electron chi connectivity index (χ1n) is 12.1. The van der Waals surface area contributed by atoms with Crippen LogP contribution in [0, 0.1) is 11.3 Å². The lowest BCUT2D eigenvalue weighted by Crippen LogP contribution is -2.45. The largest absolute Gasteiger partial charge is 0.377 e. The second kappa shape index (κ2) is 10.1. The van der Waals surface area contributed by atoms with Gasteiger partial charge in [-0.1, -0.05) is 0 Å². The molecule has 1 N–H and O–H groups in total. The molecule has 9 heteroatoms. The van der Waals surface area contributed by atoms with E-state index in [1.54, 1.807) is 12.4 Å². The number of aromatic amines is 1. The number of likely N-dealkylation sites (N-methyl/N-ethyl adjacent to an activating group) is 1. The van der Waals surface area contributed by atoms with Crippen molar-refractivity contribution >= 4 is 16.7 Å². The maximum atomic E-state index is 10.3. The van der Waals surface area contributed by atoms with Crippen LogP contribution in [-0.4, -0.2) is 95.5 Å². The molecule has 0 amide bonds. The molecule has 2 aliphatic heterocycles. The van der Waals surface area contributed by atoms with Gasteiger partial charge >= 0.3 is 0 Å². The number of nitrogens with one attached hydrogen (secondary N) is 1. The molecule has 178 valence electrons. The van der Waals surface area contributed by atoms with Gasteiger partial charge in [0.25, 0.3) is 0 Å². The Kier molecular flexibility index (Phi) is 6.72. The van der Waals surface area contributed by atoms with Gasteiger partial charge < -0.3 is 19.4 Å². The first-order valence-corrected chi connectivity index (χ1v) is 12.1. The SMILES string of the molecule is C[C@@H]1COCCN1c1cc(C(C#N)CCN2CCN(C)CC2)c2ccnc(-c3ccn[nH]3)c2n1. The minimum atomic E-state index is -0.225. The number of H-pyrrole nitrogens is 1. The van der Waals surface area contributed by atoms with Crippen molar-refractivity contribution in [1.82, 2.24) is 30.0 Å². The van der Waals surface area contributed by atoms with Gasteiger partial charge in [0.1, 0.15) is 17.0 Å². The number of hydrogen-bond acceptors (Lipinski definition) is 8. The molecule has 9 nitrogen and oxygen atoms in total. The summed E-state index contributed by atoms with van der Waals surface area (Å²) in [6, 6.07) is 8.84. The number of ether oxygens (including phenoxy) is 1. The number of nitrogens with zero attached hydrogens (tertiary/aromatic N) is 7. The second-order valence-corrected chi connectivity index (χ2v) is 9.33. The van der Waals surface area contributed by atoms with E-state index >= 15 is 0 Å². The maximum absolute atomic E-state index is 10.3. The van der Waals surface area contributed by atoms with E-state index in [-0.39, 0.29) is 12.0 Å². The van der Waals surface area contributed by atoms with Gasteiger partial charge in [-0.2, -0.15) is 10.4 Å². The highest BCUT2D eigenvalue weighted by molar-refractivity contribution is 5.94. The Morgan fingerprint density at radius 3 is 2.79 bits per heavy atom. The summed E-state index contributed by atoms with van der Waals surface area (Å²) < 4.78 is 5.66. The molecule has 0 radical (unpaired) electrons. The Morgan fingerprint density at radius 1 is 1.21 bits per heavy atom. The zero-order chi connectivity index (χ0) is 23.5. The van der Waals surface area contributed by atoms with Gasteiger partial charge in [-0.05, 0) is 50.7 Å². The Bertz CT molecular complexity index is 1150. The first-order chi connectivity index (χ1) is 16.6. The number of pyridine rings is 2. The third-order valence-electron chi connectivity index (χ3n) is 7.03. The van der Waals surface area contributed by atoms with Crippen molar-refractivity contribution in [3.05, 3.63) is 36.2 Å². The van der Waals surface area contributed by atoms with Crippen LogP contribution < -0.4 is 4.90 Å². The summed E-state index contributed by atoms with van der Waals surface area (Å²) in [6.07, 6.45) is 4.31. The van der Waals surface area contributed by atoms with E-state index in [9.17, 15) is 5.26 Å². The van der Waals surface area contributed by atoms with E-state index in [1.165, 1.54) is 0 Å². The lowest BCUT2D eigenvalue weighted by Gasteiger charge is -2.35. The maximum Gasteiger partial charge on any atom is 0.130 e. The van der Waals surface area contributed by atoms with Crippen LogP contribution in [-0.2, 0) is 4.74 Å². The van der Waals surface area contributed by atoms with Crippen molar-refractivity contribution in [3.8, 4) is 17.5 Å². The smallest absolute Gasteiger partial charge is 0.130 e. The molecule has 2 saturated heterocycles. The minimum Gasteiger partial charge on any atom is -0.377 e. The lowest BCUT2D eigenvalue weighted by molar-refractivity contribution is 0.0985. The molecule has 5 heterocycles. The van der Waals surface area contributed by atoms with Gasteiger partial charge in [-0.3, -0.25) is 10.1 Å². The quantitative estimate of drug-likeness (QED) is 0.599. The van der Waals surface area contributed by atoms with Crippen LogP contribution in [0.15, 0.2) is 30.6 Å². The molecule has 2 fully saturated rings. The molecule has 5 rings (SSSR count). The highest BCUT2D eigenvalue weighted by Crippen LogP contribution is 2.34. The molecular weight excluding hydrogens is 428 g/mol. The van der Waals surface area contributed by atoms with Crippen LogP contribution in [0.25, 0.3) is 22.3 Å². The number of anilines is 1. The number of hydrogen-bond donors (Lipinski definition) is 1. The average molecular weight is 461 g/mol. The Balaban J connectivity index is 1.55. The summed E-state index contributed by atoms with van der Waals surface area (Å²) >= 11 is 0. The van der Waals surface area contributed by atoms with Crippen molar-refractivity contribution < 1.29 is 4.74 Å². The zero-order valence-corrected chi connectivity index (χ0v) is 19.9. The lowest BCUT2D eigenvalue weighted by atomic mass is 9.93. The molecule has 0 aromatic carbocycles. The van der Waals surface area contributed by atoms with Crippen molar-refractivity contribution in [2.24, 2.45) is 0 Å². The number of nitriles is 1. The number of fused-ring (bicyclic) bond motifs is 1. The summed E-state index contributed by atoms with van der Waals surface area (Å²) in [5.41, 5.74) is 3.41. The highest BCUT2D eigenvalue weighted by Gasteiger charge is 2.25. The van der Waals surface area contributed by atoms with Crippen molar-refractivity contribution in [2.75, 3.05) is 64.4 Å².